The number of ether oxygens (including phenoxy) is 1. The maximum absolute atomic E-state index is 13.6. The molecule has 0 unspecified atom stereocenters. The van der Waals surface area contributed by atoms with Gasteiger partial charge in [0.25, 0.3) is 0 Å². The van der Waals surface area contributed by atoms with E-state index in [0.29, 0.717) is 28.0 Å². The van der Waals surface area contributed by atoms with Gasteiger partial charge in [-0.3, -0.25) is 4.79 Å². The zero-order valence-electron chi connectivity index (χ0n) is 14.0. The lowest BCUT2D eigenvalue weighted by molar-refractivity contribution is -0.114. The molecule has 0 radical (unpaired) electrons. The summed E-state index contributed by atoms with van der Waals surface area (Å²) in [7, 11) is 1.36. The normalized spacial score (nSPS) is 10.6. The highest BCUT2D eigenvalue weighted by Crippen LogP contribution is 2.32. The van der Waals surface area contributed by atoms with Gasteiger partial charge in [0.05, 0.1) is 18.3 Å². The molecular formula is C18H16FN3O4. The lowest BCUT2D eigenvalue weighted by Gasteiger charge is -2.12. The second kappa shape index (κ2) is 6.75. The van der Waals surface area contributed by atoms with Crippen molar-refractivity contribution in [3.05, 3.63) is 47.9 Å². The molecule has 2 aromatic carbocycles. The number of carboxylic acid groups (broad SMARTS) is 1. The van der Waals surface area contributed by atoms with Gasteiger partial charge in [0.2, 0.25) is 5.91 Å². The Balaban J connectivity index is 2.09. The van der Waals surface area contributed by atoms with Gasteiger partial charge in [-0.05, 0) is 30.3 Å². The molecule has 134 valence electrons. The third-order valence-corrected chi connectivity index (χ3v) is 3.72. The molecule has 3 aromatic rings. The first-order valence-corrected chi connectivity index (χ1v) is 7.65. The minimum Gasteiger partial charge on any atom is -0.494 e. The van der Waals surface area contributed by atoms with Gasteiger partial charge in [0.1, 0.15) is 5.69 Å². The predicted molar refractivity (Wildman–Crippen MR) is 95.8 cm³/mol. The number of nitrogens with one attached hydrogen (secondary N) is 3. The van der Waals surface area contributed by atoms with E-state index >= 15 is 0 Å². The number of carbonyl (C=O) groups excluding carboxylic acids is 1. The van der Waals surface area contributed by atoms with Crippen molar-refractivity contribution in [1.29, 1.82) is 0 Å². The van der Waals surface area contributed by atoms with Crippen molar-refractivity contribution in [1.82, 2.24) is 4.98 Å². The summed E-state index contributed by atoms with van der Waals surface area (Å²) in [5.74, 6) is -1.78. The smallest absolute Gasteiger partial charge is 0.352 e. The fourth-order valence-electron chi connectivity index (χ4n) is 2.62. The van der Waals surface area contributed by atoms with Crippen LogP contribution in [0.2, 0.25) is 0 Å². The summed E-state index contributed by atoms with van der Waals surface area (Å²) >= 11 is 0. The van der Waals surface area contributed by atoms with Crippen molar-refractivity contribution in [3.8, 4) is 5.75 Å². The van der Waals surface area contributed by atoms with E-state index < -0.39 is 11.8 Å². The Kier molecular flexibility index (Phi) is 4.49. The highest BCUT2D eigenvalue weighted by molar-refractivity contribution is 6.03. The average molecular weight is 357 g/mol. The molecule has 3 rings (SSSR count). The van der Waals surface area contributed by atoms with Crippen LogP contribution in [-0.2, 0) is 4.79 Å². The molecule has 1 amide bonds. The van der Waals surface area contributed by atoms with Crippen molar-refractivity contribution in [2.75, 3.05) is 17.7 Å². The third kappa shape index (κ3) is 3.44. The number of carbonyl (C=O) groups is 2. The van der Waals surface area contributed by atoms with E-state index in [0.717, 1.165) is 0 Å². The second-order valence-electron chi connectivity index (χ2n) is 5.63. The number of fused-ring (bicyclic) bond motifs is 1. The number of aromatic carboxylic acids is 1. The Bertz CT molecular complexity index is 1010. The zero-order chi connectivity index (χ0) is 18.8. The minimum atomic E-state index is -1.10. The van der Waals surface area contributed by atoms with Crippen molar-refractivity contribution < 1.29 is 23.8 Å². The third-order valence-electron chi connectivity index (χ3n) is 3.72. The van der Waals surface area contributed by atoms with Crippen LogP contribution in [0.4, 0.5) is 21.5 Å². The van der Waals surface area contributed by atoms with Crippen LogP contribution in [0.15, 0.2) is 36.4 Å². The molecule has 0 aliphatic rings. The molecule has 26 heavy (non-hydrogen) atoms. The number of amides is 1. The molecule has 0 saturated heterocycles. The molecule has 4 N–H and O–H groups in total. The predicted octanol–water partition coefficient (Wildman–Crippen LogP) is 3.72. The van der Waals surface area contributed by atoms with Gasteiger partial charge in [-0.15, -0.1) is 0 Å². The highest BCUT2D eigenvalue weighted by atomic mass is 19.1. The second-order valence-corrected chi connectivity index (χ2v) is 5.63. The molecule has 0 bridgehead atoms. The Morgan fingerprint density at radius 1 is 1.15 bits per heavy atom. The Morgan fingerprint density at radius 3 is 2.58 bits per heavy atom. The van der Waals surface area contributed by atoms with Crippen molar-refractivity contribution in [3.63, 3.8) is 0 Å². The minimum absolute atomic E-state index is 0.0136. The zero-order valence-corrected chi connectivity index (χ0v) is 14.0. The van der Waals surface area contributed by atoms with Crippen LogP contribution in [0.25, 0.3) is 10.9 Å². The molecule has 0 fully saturated rings. The van der Waals surface area contributed by atoms with E-state index in [1.165, 1.54) is 38.3 Å². The summed E-state index contributed by atoms with van der Waals surface area (Å²) in [6, 6.07) is 9.06. The van der Waals surface area contributed by atoms with E-state index in [1.54, 1.807) is 12.1 Å². The molecule has 0 spiro atoms. The Hall–Kier alpha value is -3.55. The largest absolute Gasteiger partial charge is 0.494 e. The summed E-state index contributed by atoms with van der Waals surface area (Å²) in [4.78, 5) is 25.4. The molecule has 8 heteroatoms. The van der Waals surface area contributed by atoms with Crippen LogP contribution in [-0.4, -0.2) is 29.1 Å². The molecule has 0 atom stereocenters. The SMILES string of the molecule is COc1cc(Nc2cc(NC(C)=O)cc3[nH]c(C(=O)O)cc23)ccc1F. The number of aromatic nitrogens is 1. The van der Waals surface area contributed by atoms with E-state index in [-0.39, 0.29) is 17.4 Å². The summed E-state index contributed by atoms with van der Waals surface area (Å²) in [6.07, 6.45) is 0. The lowest BCUT2D eigenvalue weighted by Crippen LogP contribution is -2.06. The molecule has 0 saturated carbocycles. The van der Waals surface area contributed by atoms with Gasteiger partial charge < -0.3 is 25.5 Å². The van der Waals surface area contributed by atoms with E-state index in [4.69, 9.17) is 4.74 Å². The van der Waals surface area contributed by atoms with Crippen molar-refractivity contribution in [2.24, 2.45) is 0 Å². The van der Waals surface area contributed by atoms with Crippen LogP contribution in [0.3, 0.4) is 0 Å². The van der Waals surface area contributed by atoms with E-state index in [1.807, 2.05) is 0 Å². The van der Waals surface area contributed by atoms with E-state index in [2.05, 4.69) is 15.6 Å². The number of benzene rings is 2. The van der Waals surface area contributed by atoms with Crippen LogP contribution in [0, 0.1) is 5.82 Å². The molecule has 1 aromatic heterocycles. The number of carboxylic acids is 1. The number of H-pyrrole nitrogens is 1. The number of aromatic amines is 1. The molecular weight excluding hydrogens is 341 g/mol. The van der Waals surface area contributed by atoms with Gasteiger partial charge in [-0.25, -0.2) is 9.18 Å². The summed E-state index contributed by atoms with van der Waals surface area (Å²) in [5, 5.41) is 15.6. The Morgan fingerprint density at radius 2 is 1.92 bits per heavy atom. The van der Waals surface area contributed by atoms with Gasteiger partial charge in [-0.1, -0.05) is 0 Å². The monoisotopic (exact) mass is 357 g/mol. The maximum Gasteiger partial charge on any atom is 0.352 e. The first kappa shape index (κ1) is 17.3. The quantitative estimate of drug-likeness (QED) is 0.557. The van der Waals surface area contributed by atoms with Gasteiger partial charge in [-0.2, -0.15) is 0 Å². The van der Waals surface area contributed by atoms with Gasteiger partial charge >= 0.3 is 5.97 Å². The number of hydrogen-bond donors (Lipinski definition) is 4. The van der Waals surface area contributed by atoms with Crippen LogP contribution in [0.5, 0.6) is 5.75 Å². The summed E-state index contributed by atoms with van der Waals surface area (Å²) < 4.78 is 18.6. The number of anilines is 3. The highest BCUT2D eigenvalue weighted by Gasteiger charge is 2.13. The number of rotatable bonds is 5. The first-order chi connectivity index (χ1) is 12.4. The first-order valence-electron chi connectivity index (χ1n) is 7.65. The summed E-state index contributed by atoms with van der Waals surface area (Å²) in [6.45, 7) is 1.37. The van der Waals surface area contributed by atoms with Gasteiger partial charge in [0, 0.05) is 29.8 Å². The number of hydrogen-bond acceptors (Lipinski definition) is 4. The maximum atomic E-state index is 13.6. The molecule has 7 nitrogen and oxygen atoms in total. The average Bonchev–Trinajstić information content (AvgIpc) is 3.00. The lowest BCUT2D eigenvalue weighted by atomic mass is 10.1. The van der Waals surface area contributed by atoms with Crippen molar-refractivity contribution in [2.45, 2.75) is 6.92 Å². The van der Waals surface area contributed by atoms with Gasteiger partial charge in [0.15, 0.2) is 11.6 Å². The fraction of sp³-hybridized carbons (Fsp3) is 0.111. The van der Waals surface area contributed by atoms with Crippen LogP contribution >= 0.6 is 0 Å². The topological polar surface area (TPSA) is 103 Å². The summed E-state index contributed by atoms with van der Waals surface area (Å²) in [5.41, 5.74) is 2.12. The standard InChI is InChI=1S/C18H16FN3O4/c1-9(23)20-11-5-14(12-8-16(18(24)25)22-15(12)6-11)21-10-3-4-13(19)17(7-10)26-2/h3-8,21-22H,1-2H3,(H,20,23)(H,24,25). The molecule has 1 heterocycles. The number of halogens is 1. The fourth-order valence-corrected chi connectivity index (χ4v) is 2.62. The van der Waals surface area contributed by atoms with Crippen LogP contribution < -0.4 is 15.4 Å². The number of methoxy groups -OCH3 is 1. The van der Waals surface area contributed by atoms with Crippen molar-refractivity contribution >= 4 is 39.8 Å². The van der Waals surface area contributed by atoms with Crippen LogP contribution in [0.1, 0.15) is 17.4 Å². The molecule has 0 aliphatic carbocycles. The molecule has 0 aliphatic heterocycles. The van der Waals surface area contributed by atoms with E-state index in [9.17, 15) is 19.1 Å². The Labute approximate surface area is 147 Å².